The predicted octanol–water partition coefficient (Wildman–Crippen LogP) is 0.706. The van der Waals surface area contributed by atoms with E-state index in [0.717, 1.165) is 18.9 Å². The highest BCUT2D eigenvalue weighted by Crippen LogP contribution is 2.33. The SMILES string of the molecule is CCNCCS(=O)(=O)NCCCC1CC1. The van der Waals surface area contributed by atoms with Gasteiger partial charge in [0.15, 0.2) is 0 Å². The molecule has 0 spiro atoms. The molecule has 2 N–H and O–H groups in total. The standard InChI is InChI=1S/C10H22N2O2S/c1-2-11-8-9-15(13,14)12-7-3-4-10-5-6-10/h10-12H,2-9H2,1H3. The molecule has 1 rings (SSSR count). The Balaban J connectivity index is 2.00. The zero-order valence-corrected chi connectivity index (χ0v) is 10.3. The summed E-state index contributed by atoms with van der Waals surface area (Å²) in [5, 5.41) is 3.00. The molecule has 1 fully saturated rings. The van der Waals surface area contributed by atoms with Crippen LogP contribution < -0.4 is 10.0 Å². The molecule has 0 amide bonds. The van der Waals surface area contributed by atoms with Gasteiger partial charge in [0.25, 0.3) is 0 Å². The van der Waals surface area contributed by atoms with Crippen LogP contribution in [-0.2, 0) is 10.0 Å². The lowest BCUT2D eigenvalue weighted by Crippen LogP contribution is -2.32. The maximum absolute atomic E-state index is 11.4. The van der Waals surface area contributed by atoms with Gasteiger partial charge in [-0.1, -0.05) is 19.8 Å². The van der Waals surface area contributed by atoms with E-state index in [2.05, 4.69) is 10.0 Å². The van der Waals surface area contributed by atoms with E-state index < -0.39 is 10.0 Å². The van der Waals surface area contributed by atoms with Crippen molar-refractivity contribution in [3.05, 3.63) is 0 Å². The molecular formula is C10H22N2O2S. The van der Waals surface area contributed by atoms with E-state index in [1.165, 1.54) is 19.3 Å². The first-order valence-electron chi connectivity index (χ1n) is 5.82. The Bertz CT molecular complexity index is 261. The van der Waals surface area contributed by atoms with Gasteiger partial charge in [-0.25, -0.2) is 13.1 Å². The minimum Gasteiger partial charge on any atom is -0.316 e. The van der Waals surface area contributed by atoms with Crippen molar-refractivity contribution in [2.75, 3.05) is 25.4 Å². The molecule has 0 aliphatic heterocycles. The average molecular weight is 234 g/mol. The molecule has 90 valence electrons. The van der Waals surface area contributed by atoms with Crippen LogP contribution in [0.5, 0.6) is 0 Å². The van der Waals surface area contributed by atoms with Gasteiger partial charge in [-0.2, -0.15) is 0 Å². The molecule has 1 aliphatic rings. The largest absolute Gasteiger partial charge is 0.316 e. The molecule has 4 nitrogen and oxygen atoms in total. The third-order valence-electron chi connectivity index (χ3n) is 2.61. The lowest BCUT2D eigenvalue weighted by atomic mass is 10.2. The molecule has 0 aromatic rings. The van der Waals surface area contributed by atoms with Crippen molar-refractivity contribution < 1.29 is 8.42 Å². The Morgan fingerprint density at radius 3 is 2.60 bits per heavy atom. The van der Waals surface area contributed by atoms with Crippen LogP contribution in [0.4, 0.5) is 0 Å². The Morgan fingerprint density at radius 1 is 1.27 bits per heavy atom. The minimum atomic E-state index is -3.04. The Labute approximate surface area is 92.9 Å². The topological polar surface area (TPSA) is 58.2 Å². The average Bonchev–Trinajstić information content (AvgIpc) is 2.96. The molecule has 0 radical (unpaired) electrons. The van der Waals surface area contributed by atoms with Crippen molar-refractivity contribution >= 4 is 10.0 Å². The van der Waals surface area contributed by atoms with Crippen LogP contribution in [0.1, 0.15) is 32.6 Å². The number of hydrogen-bond acceptors (Lipinski definition) is 3. The third kappa shape index (κ3) is 6.87. The summed E-state index contributed by atoms with van der Waals surface area (Å²) >= 11 is 0. The quantitative estimate of drug-likeness (QED) is 0.578. The van der Waals surface area contributed by atoms with Crippen LogP contribution >= 0.6 is 0 Å². The van der Waals surface area contributed by atoms with E-state index in [0.29, 0.717) is 13.1 Å². The molecule has 0 atom stereocenters. The van der Waals surface area contributed by atoms with Gasteiger partial charge in [0.1, 0.15) is 0 Å². The van der Waals surface area contributed by atoms with Gasteiger partial charge in [-0.05, 0) is 25.3 Å². The van der Waals surface area contributed by atoms with Crippen LogP contribution in [0.25, 0.3) is 0 Å². The highest BCUT2D eigenvalue weighted by Gasteiger charge is 2.20. The zero-order valence-electron chi connectivity index (χ0n) is 9.46. The molecule has 1 saturated carbocycles. The lowest BCUT2D eigenvalue weighted by Gasteiger charge is -2.06. The second kappa shape index (κ2) is 6.45. The maximum atomic E-state index is 11.4. The van der Waals surface area contributed by atoms with E-state index in [4.69, 9.17) is 0 Å². The van der Waals surface area contributed by atoms with Gasteiger partial charge in [0, 0.05) is 13.1 Å². The molecule has 0 bridgehead atoms. The van der Waals surface area contributed by atoms with Crippen molar-refractivity contribution in [2.24, 2.45) is 5.92 Å². The monoisotopic (exact) mass is 234 g/mol. The van der Waals surface area contributed by atoms with E-state index in [-0.39, 0.29) is 5.75 Å². The number of rotatable bonds is 9. The van der Waals surface area contributed by atoms with Crippen LogP contribution in [0.15, 0.2) is 0 Å². The first-order chi connectivity index (χ1) is 7.14. The van der Waals surface area contributed by atoms with Gasteiger partial charge in [0.05, 0.1) is 5.75 Å². The maximum Gasteiger partial charge on any atom is 0.212 e. The minimum absolute atomic E-state index is 0.185. The number of sulfonamides is 1. The normalized spacial score (nSPS) is 16.9. The summed E-state index contributed by atoms with van der Waals surface area (Å²) in [5.41, 5.74) is 0. The van der Waals surface area contributed by atoms with E-state index in [9.17, 15) is 8.42 Å². The van der Waals surface area contributed by atoms with Crippen molar-refractivity contribution in [3.63, 3.8) is 0 Å². The van der Waals surface area contributed by atoms with Gasteiger partial charge in [-0.3, -0.25) is 0 Å². The molecule has 0 aromatic heterocycles. The fraction of sp³-hybridized carbons (Fsp3) is 1.00. The highest BCUT2D eigenvalue weighted by atomic mass is 32.2. The molecule has 5 heteroatoms. The summed E-state index contributed by atoms with van der Waals surface area (Å²) in [6, 6.07) is 0. The van der Waals surface area contributed by atoms with E-state index in [1.54, 1.807) is 0 Å². The fourth-order valence-corrected chi connectivity index (χ4v) is 2.49. The number of hydrogen-bond donors (Lipinski definition) is 2. The molecule has 0 saturated heterocycles. The van der Waals surface area contributed by atoms with Crippen molar-refractivity contribution in [2.45, 2.75) is 32.6 Å². The molecule has 15 heavy (non-hydrogen) atoms. The van der Waals surface area contributed by atoms with Gasteiger partial charge in [-0.15, -0.1) is 0 Å². The second-order valence-corrected chi connectivity index (χ2v) is 6.08. The summed E-state index contributed by atoms with van der Waals surface area (Å²) in [6.07, 6.45) is 4.83. The van der Waals surface area contributed by atoms with Crippen molar-refractivity contribution in [3.8, 4) is 0 Å². The Kier molecular flexibility index (Phi) is 5.56. The van der Waals surface area contributed by atoms with Crippen molar-refractivity contribution in [1.29, 1.82) is 0 Å². The van der Waals surface area contributed by atoms with Crippen LogP contribution in [0, 0.1) is 5.92 Å². The van der Waals surface area contributed by atoms with Crippen molar-refractivity contribution in [1.82, 2.24) is 10.0 Å². The zero-order chi connectivity index (χ0) is 11.1. The van der Waals surface area contributed by atoms with Gasteiger partial charge >= 0.3 is 0 Å². The lowest BCUT2D eigenvalue weighted by molar-refractivity contribution is 0.569. The first-order valence-corrected chi connectivity index (χ1v) is 7.47. The van der Waals surface area contributed by atoms with E-state index in [1.807, 2.05) is 6.92 Å². The number of nitrogens with one attached hydrogen (secondary N) is 2. The Hall–Kier alpha value is -0.130. The first kappa shape index (κ1) is 12.9. The molecule has 1 aliphatic carbocycles. The van der Waals surface area contributed by atoms with Crippen LogP contribution in [0.2, 0.25) is 0 Å². The molecular weight excluding hydrogens is 212 g/mol. The second-order valence-electron chi connectivity index (χ2n) is 4.15. The summed E-state index contributed by atoms with van der Waals surface area (Å²) in [7, 11) is -3.04. The Morgan fingerprint density at radius 2 is 2.00 bits per heavy atom. The predicted molar refractivity (Wildman–Crippen MR) is 62.3 cm³/mol. The summed E-state index contributed by atoms with van der Waals surface area (Å²) < 4.78 is 25.5. The molecule has 0 heterocycles. The van der Waals surface area contributed by atoms with Gasteiger partial charge in [0.2, 0.25) is 10.0 Å². The third-order valence-corrected chi connectivity index (χ3v) is 3.99. The van der Waals surface area contributed by atoms with E-state index >= 15 is 0 Å². The van der Waals surface area contributed by atoms with Crippen LogP contribution in [0.3, 0.4) is 0 Å². The molecule has 0 unspecified atom stereocenters. The summed E-state index contributed by atoms with van der Waals surface area (Å²) in [6.45, 7) is 3.92. The smallest absolute Gasteiger partial charge is 0.212 e. The fourth-order valence-electron chi connectivity index (χ4n) is 1.48. The van der Waals surface area contributed by atoms with Gasteiger partial charge < -0.3 is 5.32 Å². The summed E-state index contributed by atoms with van der Waals surface area (Å²) in [4.78, 5) is 0. The molecule has 0 aromatic carbocycles. The summed E-state index contributed by atoms with van der Waals surface area (Å²) in [5.74, 6) is 1.07. The van der Waals surface area contributed by atoms with Crippen LogP contribution in [-0.4, -0.2) is 33.8 Å². The highest BCUT2D eigenvalue weighted by molar-refractivity contribution is 7.89.